The number of ether oxygens (including phenoxy) is 1. The molecule has 0 radical (unpaired) electrons. The predicted octanol–water partition coefficient (Wildman–Crippen LogP) is 0.387. The third kappa shape index (κ3) is 3.23. The van der Waals surface area contributed by atoms with Crippen LogP contribution in [0.3, 0.4) is 0 Å². The van der Waals surface area contributed by atoms with Crippen LogP contribution in [0.15, 0.2) is 5.16 Å². The Morgan fingerprint density at radius 1 is 1.23 bits per heavy atom. The third-order valence-corrected chi connectivity index (χ3v) is 1.32. The maximum atomic E-state index is 11.3. The van der Waals surface area contributed by atoms with Crippen LogP contribution >= 0.6 is 0 Å². The van der Waals surface area contributed by atoms with Crippen molar-refractivity contribution in [1.29, 1.82) is 0 Å². The Bertz CT molecular complexity index is 232. The molecule has 0 bridgehead atoms. The zero-order valence-electron chi connectivity index (χ0n) is 8.16. The van der Waals surface area contributed by atoms with Gasteiger partial charge in [0.15, 0.2) is 5.78 Å². The highest BCUT2D eigenvalue weighted by Crippen LogP contribution is 1.99. The van der Waals surface area contributed by atoms with Crippen molar-refractivity contribution in [1.82, 2.24) is 0 Å². The van der Waals surface area contributed by atoms with Crippen molar-refractivity contribution in [3.05, 3.63) is 0 Å². The van der Waals surface area contributed by atoms with E-state index in [1.165, 1.54) is 14.2 Å². The SMILES string of the molecule is CON=C(C(=O)OC)C(=O)C(C)C. The minimum atomic E-state index is -0.777. The van der Waals surface area contributed by atoms with Gasteiger partial charge in [0.25, 0.3) is 0 Å². The van der Waals surface area contributed by atoms with E-state index >= 15 is 0 Å². The van der Waals surface area contributed by atoms with Crippen molar-refractivity contribution < 1.29 is 19.2 Å². The standard InChI is InChI=1S/C8H13NO4/c1-5(2)7(10)6(9-13-4)8(11)12-3/h5H,1-4H3. The van der Waals surface area contributed by atoms with Gasteiger partial charge in [-0.05, 0) is 0 Å². The fourth-order valence-corrected chi connectivity index (χ4v) is 0.644. The van der Waals surface area contributed by atoms with Crippen molar-refractivity contribution in [3.8, 4) is 0 Å². The summed E-state index contributed by atoms with van der Waals surface area (Å²) in [7, 11) is 2.44. The Labute approximate surface area is 76.7 Å². The number of carbonyl (C=O) groups is 2. The van der Waals surface area contributed by atoms with E-state index in [0.717, 1.165) is 0 Å². The van der Waals surface area contributed by atoms with Crippen molar-refractivity contribution in [2.75, 3.05) is 14.2 Å². The molecule has 0 atom stereocenters. The molecule has 0 rings (SSSR count). The molecule has 74 valence electrons. The highest BCUT2D eigenvalue weighted by atomic mass is 16.6. The lowest BCUT2D eigenvalue weighted by atomic mass is 10.1. The molecule has 0 aliphatic rings. The van der Waals surface area contributed by atoms with Crippen LogP contribution in [0.1, 0.15) is 13.8 Å². The van der Waals surface area contributed by atoms with Crippen LogP contribution < -0.4 is 0 Å². The zero-order chi connectivity index (χ0) is 10.4. The third-order valence-electron chi connectivity index (χ3n) is 1.32. The molecule has 0 aromatic rings. The lowest BCUT2D eigenvalue weighted by Gasteiger charge is -2.04. The Morgan fingerprint density at radius 3 is 2.08 bits per heavy atom. The van der Waals surface area contributed by atoms with Crippen molar-refractivity contribution in [2.24, 2.45) is 11.1 Å². The fourth-order valence-electron chi connectivity index (χ4n) is 0.644. The molecule has 5 heteroatoms. The minimum Gasteiger partial charge on any atom is -0.464 e. The second-order valence-electron chi connectivity index (χ2n) is 2.63. The van der Waals surface area contributed by atoms with Crippen molar-refractivity contribution in [3.63, 3.8) is 0 Å². The Hall–Kier alpha value is -1.39. The molecule has 0 spiro atoms. The van der Waals surface area contributed by atoms with Crippen LogP contribution in [0.4, 0.5) is 0 Å². The topological polar surface area (TPSA) is 65.0 Å². The number of oxime groups is 1. The van der Waals surface area contributed by atoms with Gasteiger partial charge < -0.3 is 9.57 Å². The van der Waals surface area contributed by atoms with E-state index in [-0.39, 0.29) is 11.6 Å². The van der Waals surface area contributed by atoms with Crippen molar-refractivity contribution >= 4 is 17.5 Å². The summed E-state index contributed by atoms with van der Waals surface area (Å²) in [5.41, 5.74) is -0.306. The average molecular weight is 187 g/mol. The molecule has 0 amide bonds. The lowest BCUT2D eigenvalue weighted by molar-refractivity contribution is -0.134. The van der Waals surface area contributed by atoms with Crippen LogP contribution in [-0.4, -0.2) is 31.7 Å². The Kier molecular flexibility index (Phi) is 4.72. The van der Waals surface area contributed by atoms with Crippen LogP contribution in [0.5, 0.6) is 0 Å². The average Bonchev–Trinajstić information content (AvgIpc) is 2.11. The highest BCUT2D eigenvalue weighted by Gasteiger charge is 2.24. The maximum absolute atomic E-state index is 11.3. The summed E-state index contributed by atoms with van der Waals surface area (Å²) in [5.74, 6) is -1.48. The van der Waals surface area contributed by atoms with E-state index in [0.29, 0.717) is 0 Å². The van der Waals surface area contributed by atoms with Gasteiger partial charge in [-0.1, -0.05) is 19.0 Å². The van der Waals surface area contributed by atoms with Gasteiger partial charge in [0.2, 0.25) is 5.71 Å². The fraction of sp³-hybridized carbons (Fsp3) is 0.625. The van der Waals surface area contributed by atoms with Crippen LogP contribution in [-0.2, 0) is 19.2 Å². The van der Waals surface area contributed by atoms with Crippen molar-refractivity contribution in [2.45, 2.75) is 13.8 Å². The molecule has 0 aliphatic heterocycles. The summed E-state index contributed by atoms with van der Waals surface area (Å²) < 4.78 is 4.37. The highest BCUT2D eigenvalue weighted by molar-refractivity contribution is 6.64. The minimum absolute atomic E-state index is 0.306. The number of nitrogens with zero attached hydrogens (tertiary/aromatic N) is 1. The normalized spacial score (nSPS) is 11.3. The number of hydrogen-bond acceptors (Lipinski definition) is 5. The number of methoxy groups -OCH3 is 1. The number of carbonyl (C=O) groups excluding carboxylic acids is 2. The van der Waals surface area contributed by atoms with E-state index in [1.807, 2.05) is 0 Å². The number of esters is 1. The van der Waals surface area contributed by atoms with Gasteiger partial charge >= 0.3 is 5.97 Å². The quantitative estimate of drug-likeness (QED) is 0.276. The van der Waals surface area contributed by atoms with Gasteiger partial charge in [-0.3, -0.25) is 4.79 Å². The maximum Gasteiger partial charge on any atom is 0.363 e. The Morgan fingerprint density at radius 2 is 1.77 bits per heavy atom. The second-order valence-corrected chi connectivity index (χ2v) is 2.63. The van der Waals surface area contributed by atoms with Gasteiger partial charge in [0, 0.05) is 5.92 Å². The molecule has 0 aliphatic carbocycles. The summed E-state index contributed by atoms with van der Waals surface area (Å²) in [5, 5.41) is 3.31. The number of rotatable bonds is 4. The first-order valence-electron chi connectivity index (χ1n) is 3.78. The molecule has 0 heterocycles. The first-order valence-corrected chi connectivity index (χ1v) is 3.78. The Balaban J connectivity index is 4.72. The van der Waals surface area contributed by atoms with Gasteiger partial charge in [0.05, 0.1) is 7.11 Å². The number of Topliss-reactive ketones (excluding diaryl/α,β-unsaturated/α-hetero) is 1. The molecule has 0 saturated carbocycles. The van der Waals surface area contributed by atoms with E-state index in [1.54, 1.807) is 13.8 Å². The first-order chi connectivity index (χ1) is 6.04. The van der Waals surface area contributed by atoms with Gasteiger partial charge in [0.1, 0.15) is 7.11 Å². The summed E-state index contributed by atoms with van der Waals surface area (Å²) >= 11 is 0. The van der Waals surface area contributed by atoms with Crippen LogP contribution in [0, 0.1) is 5.92 Å². The van der Waals surface area contributed by atoms with E-state index < -0.39 is 11.8 Å². The molecule has 0 aromatic carbocycles. The van der Waals surface area contributed by atoms with Gasteiger partial charge in [-0.15, -0.1) is 0 Å². The number of hydrogen-bond donors (Lipinski definition) is 0. The smallest absolute Gasteiger partial charge is 0.363 e. The van der Waals surface area contributed by atoms with Gasteiger partial charge in [-0.2, -0.15) is 0 Å². The second kappa shape index (κ2) is 5.29. The lowest BCUT2D eigenvalue weighted by Crippen LogP contribution is -2.29. The van der Waals surface area contributed by atoms with Gasteiger partial charge in [-0.25, -0.2) is 4.79 Å². The predicted molar refractivity (Wildman–Crippen MR) is 46.3 cm³/mol. The molecular weight excluding hydrogens is 174 g/mol. The largest absolute Gasteiger partial charge is 0.464 e. The summed E-state index contributed by atoms with van der Waals surface area (Å²) in [4.78, 5) is 26.7. The van der Waals surface area contributed by atoms with Crippen LogP contribution in [0.2, 0.25) is 0 Å². The first kappa shape index (κ1) is 11.6. The molecule has 0 aromatic heterocycles. The summed E-state index contributed by atoms with van der Waals surface area (Å²) in [6, 6.07) is 0. The molecule has 0 fully saturated rings. The van der Waals surface area contributed by atoms with E-state index in [4.69, 9.17) is 0 Å². The zero-order valence-corrected chi connectivity index (χ0v) is 8.16. The molecule has 0 N–H and O–H groups in total. The number of ketones is 1. The summed E-state index contributed by atoms with van der Waals surface area (Å²) in [6.45, 7) is 3.33. The van der Waals surface area contributed by atoms with Crippen LogP contribution in [0.25, 0.3) is 0 Å². The molecule has 5 nitrogen and oxygen atoms in total. The van der Waals surface area contributed by atoms with E-state index in [2.05, 4.69) is 14.7 Å². The summed E-state index contributed by atoms with van der Waals surface area (Å²) in [6.07, 6.45) is 0. The molecular formula is C8H13NO4. The molecule has 13 heavy (non-hydrogen) atoms. The van der Waals surface area contributed by atoms with E-state index in [9.17, 15) is 9.59 Å². The molecule has 0 saturated heterocycles. The monoisotopic (exact) mass is 187 g/mol. The molecule has 0 unspecified atom stereocenters.